The fourth-order valence-corrected chi connectivity index (χ4v) is 8.84. The minimum absolute atomic E-state index is 0.0439. The van der Waals surface area contributed by atoms with Crippen LogP contribution in [0.1, 0.15) is 86.1 Å². The molecule has 3 aliphatic rings. The van der Waals surface area contributed by atoms with E-state index in [-0.39, 0.29) is 36.5 Å². The lowest BCUT2D eigenvalue weighted by molar-refractivity contribution is -0.295. The minimum Gasteiger partial charge on any atom is -0.463 e. The van der Waals surface area contributed by atoms with E-state index >= 15 is 0 Å². The van der Waals surface area contributed by atoms with Crippen molar-refractivity contribution in [2.24, 2.45) is 23.2 Å². The number of cyclic esters (lactones) is 1. The van der Waals surface area contributed by atoms with Gasteiger partial charge in [-0.1, -0.05) is 51.1 Å². The Labute approximate surface area is 308 Å². The van der Waals surface area contributed by atoms with Crippen molar-refractivity contribution in [1.29, 1.82) is 0 Å². The Balaban J connectivity index is 1.54. The smallest absolute Gasteiger partial charge is 0.319 e. The molecule has 0 radical (unpaired) electrons. The zero-order valence-electron chi connectivity index (χ0n) is 33.3. The first-order valence-electron chi connectivity index (χ1n) is 19.5. The lowest BCUT2D eigenvalue weighted by Gasteiger charge is -2.47. The minimum atomic E-state index is -1.41. The van der Waals surface area contributed by atoms with Crippen LogP contribution in [0.15, 0.2) is 30.3 Å². The molecule has 4 rings (SSSR count). The lowest BCUT2D eigenvalue weighted by Crippen LogP contribution is -2.59. The number of rotatable bonds is 10. The number of carbonyl (C=O) groups is 2. The summed E-state index contributed by atoms with van der Waals surface area (Å²) in [4.78, 5) is 35.2. The second kappa shape index (κ2) is 18.4. The predicted molar refractivity (Wildman–Crippen MR) is 200 cm³/mol. The van der Waals surface area contributed by atoms with Crippen LogP contribution in [-0.2, 0) is 35.0 Å². The van der Waals surface area contributed by atoms with E-state index < -0.39 is 41.4 Å². The largest absolute Gasteiger partial charge is 0.463 e. The van der Waals surface area contributed by atoms with Crippen molar-refractivity contribution in [2.45, 2.75) is 129 Å². The van der Waals surface area contributed by atoms with Gasteiger partial charge in [0.05, 0.1) is 17.8 Å². The number of hydrogen-bond acceptors (Lipinski definition) is 10. The van der Waals surface area contributed by atoms with E-state index in [1.165, 1.54) is 5.56 Å². The molecule has 0 saturated carbocycles. The van der Waals surface area contributed by atoms with E-state index in [4.69, 9.17) is 18.9 Å². The summed E-state index contributed by atoms with van der Waals surface area (Å²) in [5.74, 6) is -0.839. The zero-order chi connectivity index (χ0) is 37.5. The number of nitrogens with zero attached hydrogens (tertiary/aromatic N) is 3. The number of methoxy groups -OCH3 is 1. The molecule has 290 valence electrons. The summed E-state index contributed by atoms with van der Waals surface area (Å²) in [6, 6.07) is 10.6. The topological polar surface area (TPSA) is 101 Å². The first-order chi connectivity index (χ1) is 24.1. The molecule has 9 atom stereocenters. The molecule has 0 bridgehead atoms. The van der Waals surface area contributed by atoms with Crippen LogP contribution >= 0.6 is 0 Å². The zero-order valence-corrected chi connectivity index (χ0v) is 33.3. The fraction of sp³-hybridized carbons (Fsp3) is 0.805. The van der Waals surface area contributed by atoms with Crippen molar-refractivity contribution in [3.63, 3.8) is 0 Å². The van der Waals surface area contributed by atoms with Gasteiger partial charge in [0.25, 0.3) is 0 Å². The SMILES string of the molecule is CCN1C[C@H](C)C[C@@](C)(OC)[C@H](O[C@@H]2O[C@H](C)C[C@H](N(C)C)[C@H]2O)[C@@H](C)C(=O)C(C)(C)C(=O)OC[C@H]1CC1CCN(CCc2ccccc2)CC1. The standard InChI is InChI=1S/C41H69N3O7/c1-11-44-26-28(2)25-41(7,48-10)37(51-38-35(45)34(42(8)9)23-29(3)50-38)30(4)36(46)40(5,6)39(47)49-27-33(44)24-32-18-21-43(22-19-32)20-17-31-15-13-12-14-16-31/h12-16,28-30,32-35,37-38,45H,11,17-27H2,1-10H3/t28-,29-,30+,33-,34+,35-,37-,38+,41-/m1/s1. The van der Waals surface area contributed by atoms with Gasteiger partial charge in [-0.15, -0.1) is 0 Å². The Morgan fingerprint density at radius 3 is 2.31 bits per heavy atom. The molecular formula is C41H69N3O7. The van der Waals surface area contributed by atoms with Gasteiger partial charge in [0, 0.05) is 38.2 Å². The molecule has 3 fully saturated rings. The van der Waals surface area contributed by atoms with Gasteiger partial charge in [0.2, 0.25) is 0 Å². The van der Waals surface area contributed by atoms with Gasteiger partial charge in [-0.2, -0.15) is 0 Å². The molecule has 0 aliphatic carbocycles. The molecule has 0 amide bonds. The van der Waals surface area contributed by atoms with Gasteiger partial charge >= 0.3 is 5.97 Å². The van der Waals surface area contributed by atoms with Crippen molar-refractivity contribution in [3.05, 3.63) is 35.9 Å². The summed E-state index contributed by atoms with van der Waals surface area (Å²) in [6.07, 6.45) is 2.69. The van der Waals surface area contributed by atoms with Gasteiger partial charge in [-0.25, -0.2) is 0 Å². The Hall–Kier alpha value is -1.92. The van der Waals surface area contributed by atoms with Gasteiger partial charge in [-0.3, -0.25) is 14.5 Å². The lowest BCUT2D eigenvalue weighted by atomic mass is 9.74. The number of likely N-dealkylation sites (tertiary alicyclic amines) is 1. The normalized spacial score (nSPS) is 35.5. The number of aliphatic hydroxyl groups is 1. The van der Waals surface area contributed by atoms with Crippen molar-refractivity contribution in [3.8, 4) is 0 Å². The summed E-state index contributed by atoms with van der Waals surface area (Å²) in [5, 5.41) is 11.4. The molecule has 0 spiro atoms. The van der Waals surface area contributed by atoms with Crippen LogP contribution in [0, 0.1) is 23.2 Å². The Morgan fingerprint density at radius 2 is 1.71 bits per heavy atom. The maximum atomic E-state index is 14.4. The van der Waals surface area contributed by atoms with Crippen LogP contribution in [0.2, 0.25) is 0 Å². The third-order valence-corrected chi connectivity index (χ3v) is 12.1. The highest BCUT2D eigenvalue weighted by Gasteiger charge is 2.51. The van der Waals surface area contributed by atoms with Crippen LogP contribution in [-0.4, -0.2) is 134 Å². The molecular weight excluding hydrogens is 646 g/mol. The van der Waals surface area contributed by atoms with E-state index in [0.717, 1.165) is 58.4 Å². The van der Waals surface area contributed by atoms with E-state index in [9.17, 15) is 14.7 Å². The van der Waals surface area contributed by atoms with Crippen molar-refractivity contribution >= 4 is 11.8 Å². The monoisotopic (exact) mass is 716 g/mol. The average molecular weight is 716 g/mol. The molecule has 0 aromatic heterocycles. The molecule has 1 aromatic rings. The summed E-state index contributed by atoms with van der Waals surface area (Å²) in [6.45, 7) is 18.6. The molecule has 3 saturated heterocycles. The number of hydrogen-bond donors (Lipinski definition) is 1. The third kappa shape index (κ3) is 10.6. The number of ether oxygens (including phenoxy) is 4. The van der Waals surface area contributed by atoms with Gasteiger partial charge < -0.3 is 33.9 Å². The molecule has 3 aliphatic heterocycles. The maximum absolute atomic E-state index is 14.4. The molecule has 1 N–H and O–H groups in total. The Kier molecular flexibility index (Phi) is 15.1. The predicted octanol–water partition coefficient (Wildman–Crippen LogP) is 5.05. The fourth-order valence-electron chi connectivity index (χ4n) is 8.84. The van der Waals surface area contributed by atoms with Crippen LogP contribution in [0.4, 0.5) is 0 Å². The summed E-state index contributed by atoms with van der Waals surface area (Å²) in [7, 11) is 5.53. The van der Waals surface area contributed by atoms with Gasteiger partial charge in [0.1, 0.15) is 18.1 Å². The summed E-state index contributed by atoms with van der Waals surface area (Å²) < 4.78 is 25.3. The van der Waals surface area contributed by atoms with Crippen molar-refractivity contribution in [2.75, 3.05) is 60.5 Å². The summed E-state index contributed by atoms with van der Waals surface area (Å²) in [5.41, 5.74) is -0.947. The maximum Gasteiger partial charge on any atom is 0.319 e. The molecule has 51 heavy (non-hydrogen) atoms. The average Bonchev–Trinajstić information content (AvgIpc) is 3.11. The number of piperidine rings is 1. The number of aliphatic hydroxyl groups excluding tert-OH is 1. The number of carbonyl (C=O) groups excluding carboxylic acids is 2. The number of ketones is 1. The third-order valence-electron chi connectivity index (χ3n) is 12.1. The highest BCUT2D eigenvalue weighted by Crippen LogP contribution is 2.38. The number of likely N-dealkylation sites (N-methyl/N-ethyl adjacent to an activating group) is 2. The molecule has 3 heterocycles. The van der Waals surface area contributed by atoms with Crippen LogP contribution < -0.4 is 0 Å². The van der Waals surface area contributed by atoms with Gasteiger partial charge in [0.15, 0.2) is 12.1 Å². The molecule has 1 aromatic carbocycles. The number of esters is 1. The molecule has 10 heteroatoms. The van der Waals surface area contributed by atoms with E-state index in [1.54, 1.807) is 27.9 Å². The number of Topliss-reactive ketones (excluding diaryl/α,β-unsaturated/α-hetero) is 1. The number of benzene rings is 1. The second-order valence-corrected chi connectivity index (χ2v) is 16.8. The highest BCUT2D eigenvalue weighted by atomic mass is 16.7. The second-order valence-electron chi connectivity index (χ2n) is 16.8. The Morgan fingerprint density at radius 1 is 1.04 bits per heavy atom. The first kappa shape index (κ1) is 41.8. The van der Waals surface area contributed by atoms with E-state index in [1.807, 2.05) is 32.8 Å². The van der Waals surface area contributed by atoms with Crippen molar-refractivity contribution in [1.82, 2.24) is 14.7 Å². The van der Waals surface area contributed by atoms with Crippen LogP contribution in [0.3, 0.4) is 0 Å². The van der Waals surface area contributed by atoms with Crippen molar-refractivity contribution < 1.29 is 33.6 Å². The van der Waals surface area contributed by atoms with Gasteiger partial charge in [-0.05, 0) is 117 Å². The quantitative estimate of drug-likeness (QED) is 0.262. The first-order valence-corrected chi connectivity index (χ1v) is 19.5. The van der Waals surface area contributed by atoms with Crippen LogP contribution in [0.25, 0.3) is 0 Å². The van der Waals surface area contributed by atoms with E-state index in [2.05, 4.69) is 54.0 Å². The highest BCUT2D eigenvalue weighted by molar-refractivity contribution is 6.04. The summed E-state index contributed by atoms with van der Waals surface area (Å²) >= 11 is 0. The molecule has 10 nitrogen and oxygen atoms in total. The van der Waals surface area contributed by atoms with Crippen LogP contribution in [0.5, 0.6) is 0 Å². The van der Waals surface area contributed by atoms with E-state index in [0.29, 0.717) is 18.8 Å². The Bertz CT molecular complexity index is 1240. The molecule has 0 unspecified atom stereocenters.